The van der Waals surface area contributed by atoms with Crippen molar-refractivity contribution >= 4 is 5.69 Å². The SMILES string of the molecule is CC(C)c1cccc(C2CC2)c1N. The van der Waals surface area contributed by atoms with Gasteiger partial charge in [0, 0.05) is 5.69 Å². The molecular formula is C12H17N. The number of rotatable bonds is 2. The summed E-state index contributed by atoms with van der Waals surface area (Å²) >= 11 is 0. The summed E-state index contributed by atoms with van der Waals surface area (Å²) < 4.78 is 0. The molecular weight excluding hydrogens is 158 g/mol. The van der Waals surface area contributed by atoms with Gasteiger partial charge in [0.2, 0.25) is 0 Å². The van der Waals surface area contributed by atoms with Gasteiger partial charge in [-0.1, -0.05) is 32.0 Å². The van der Waals surface area contributed by atoms with Gasteiger partial charge in [-0.05, 0) is 35.8 Å². The van der Waals surface area contributed by atoms with Crippen molar-refractivity contribution in [3.05, 3.63) is 29.3 Å². The second-order valence-electron chi connectivity index (χ2n) is 4.28. The number of hydrogen-bond acceptors (Lipinski definition) is 1. The minimum Gasteiger partial charge on any atom is -0.398 e. The highest BCUT2D eigenvalue weighted by atomic mass is 14.6. The average Bonchev–Trinajstić information content (AvgIpc) is 2.87. The first-order chi connectivity index (χ1) is 6.20. The first-order valence-corrected chi connectivity index (χ1v) is 5.08. The highest BCUT2D eigenvalue weighted by Crippen LogP contribution is 2.44. The van der Waals surface area contributed by atoms with Gasteiger partial charge in [0.15, 0.2) is 0 Å². The smallest absolute Gasteiger partial charge is 0.0384 e. The van der Waals surface area contributed by atoms with Crippen LogP contribution in [0.2, 0.25) is 0 Å². The molecule has 13 heavy (non-hydrogen) atoms. The fourth-order valence-electron chi connectivity index (χ4n) is 1.86. The zero-order chi connectivity index (χ0) is 9.42. The molecule has 1 aliphatic rings. The molecule has 0 bridgehead atoms. The predicted molar refractivity (Wildman–Crippen MR) is 56.9 cm³/mol. The van der Waals surface area contributed by atoms with Crippen molar-refractivity contribution in [3.8, 4) is 0 Å². The largest absolute Gasteiger partial charge is 0.398 e. The zero-order valence-corrected chi connectivity index (χ0v) is 8.38. The maximum atomic E-state index is 6.13. The van der Waals surface area contributed by atoms with E-state index in [1.807, 2.05) is 0 Å². The van der Waals surface area contributed by atoms with Crippen LogP contribution in [0, 0.1) is 0 Å². The van der Waals surface area contributed by atoms with Crippen molar-refractivity contribution < 1.29 is 0 Å². The van der Waals surface area contributed by atoms with E-state index in [1.165, 1.54) is 24.0 Å². The molecule has 1 nitrogen and oxygen atoms in total. The molecule has 70 valence electrons. The van der Waals surface area contributed by atoms with E-state index in [1.54, 1.807) is 0 Å². The first kappa shape index (κ1) is 8.61. The minimum atomic E-state index is 0.540. The third kappa shape index (κ3) is 1.55. The highest BCUT2D eigenvalue weighted by Gasteiger charge is 2.26. The number of hydrogen-bond donors (Lipinski definition) is 1. The van der Waals surface area contributed by atoms with Crippen LogP contribution in [0.4, 0.5) is 5.69 Å². The summed E-state index contributed by atoms with van der Waals surface area (Å²) in [5.41, 5.74) is 9.86. The maximum absolute atomic E-state index is 6.13. The van der Waals surface area contributed by atoms with Crippen molar-refractivity contribution in [3.63, 3.8) is 0 Å². The Morgan fingerprint density at radius 2 is 2.00 bits per heavy atom. The van der Waals surface area contributed by atoms with Crippen LogP contribution in [0.25, 0.3) is 0 Å². The normalized spacial score (nSPS) is 16.5. The van der Waals surface area contributed by atoms with Gasteiger partial charge in [-0.2, -0.15) is 0 Å². The zero-order valence-electron chi connectivity index (χ0n) is 8.38. The summed E-state index contributed by atoms with van der Waals surface area (Å²) in [6.07, 6.45) is 2.65. The molecule has 0 unspecified atom stereocenters. The molecule has 1 aliphatic carbocycles. The van der Waals surface area contributed by atoms with Crippen molar-refractivity contribution in [2.24, 2.45) is 0 Å². The molecule has 1 aromatic rings. The molecule has 0 aromatic heterocycles. The van der Waals surface area contributed by atoms with Gasteiger partial charge in [0.05, 0.1) is 0 Å². The van der Waals surface area contributed by atoms with Gasteiger partial charge >= 0.3 is 0 Å². The lowest BCUT2D eigenvalue weighted by molar-refractivity contribution is 0.866. The van der Waals surface area contributed by atoms with Crippen LogP contribution in [0.3, 0.4) is 0 Å². The fourth-order valence-corrected chi connectivity index (χ4v) is 1.86. The van der Waals surface area contributed by atoms with Crippen LogP contribution in [0.15, 0.2) is 18.2 Å². The van der Waals surface area contributed by atoms with E-state index in [4.69, 9.17) is 5.73 Å². The van der Waals surface area contributed by atoms with E-state index in [0.29, 0.717) is 5.92 Å². The molecule has 0 heterocycles. The van der Waals surface area contributed by atoms with Crippen molar-refractivity contribution in [2.45, 2.75) is 38.5 Å². The van der Waals surface area contributed by atoms with E-state index in [0.717, 1.165) is 11.6 Å². The molecule has 1 fully saturated rings. The number of nitrogens with two attached hydrogens (primary N) is 1. The van der Waals surface area contributed by atoms with E-state index in [-0.39, 0.29) is 0 Å². The van der Waals surface area contributed by atoms with Crippen LogP contribution in [-0.2, 0) is 0 Å². The Morgan fingerprint density at radius 3 is 2.54 bits per heavy atom. The van der Waals surface area contributed by atoms with Gasteiger partial charge in [-0.25, -0.2) is 0 Å². The summed E-state index contributed by atoms with van der Waals surface area (Å²) in [4.78, 5) is 0. The van der Waals surface area contributed by atoms with Gasteiger partial charge in [-0.3, -0.25) is 0 Å². The quantitative estimate of drug-likeness (QED) is 0.686. The number of para-hydroxylation sites is 1. The number of benzene rings is 1. The van der Waals surface area contributed by atoms with Crippen molar-refractivity contribution in [1.29, 1.82) is 0 Å². The van der Waals surface area contributed by atoms with Crippen LogP contribution in [0.5, 0.6) is 0 Å². The lowest BCUT2D eigenvalue weighted by Crippen LogP contribution is -2.00. The third-order valence-corrected chi connectivity index (χ3v) is 2.81. The lowest BCUT2D eigenvalue weighted by Gasteiger charge is -2.12. The average molecular weight is 175 g/mol. The molecule has 2 rings (SSSR count). The standard InChI is InChI=1S/C12H17N/c1-8(2)10-4-3-5-11(12(10)13)9-6-7-9/h3-5,8-9H,6-7,13H2,1-2H3. The maximum Gasteiger partial charge on any atom is 0.0384 e. The summed E-state index contributed by atoms with van der Waals surface area (Å²) in [5.74, 6) is 1.30. The van der Waals surface area contributed by atoms with Gasteiger partial charge in [-0.15, -0.1) is 0 Å². The third-order valence-electron chi connectivity index (χ3n) is 2.81. The van der Waals surface area contributed by atoms with E-state index >= 15 is 0 Å². The fraction of sp³-hybridized carbons (Fsp3) is 0.500. The number of anilines is 1. The van der Waals surface area contributed by atoms with Gasteiger partial charge < -0.3 is 5.73 Å². The summed E-state index contributed by atoms with van der Waals surface area (Å²) in [7, 11) is 0. The van der Waals surface area contributed by atoms with Crippen molar-refractivity contribution in [1.82, 2.24) is 0 Å². The topological polar surface area (TPSA) is 26.0 Å². The van der Waals surface area contributed by atoms with Crippen LogP contribution in [0.1, 0.15) is 49.7 Å². The Morgan fingerprint density at radius 1 is 1.31 bits per heavy atom. The molecule has 0 saturated heterocycles. The second-order valence-corrected chi connectivity index (χ2v) is 4.28. The Balaban J connectivity index is 2.41. The molecule has 0 aliphatic heterocycles. The minimum absolute atomic E-state index is 0.540. The molecule has 2 N–H and O–H groups in total. The molecule has 0 amide bonds. The van der Waals surface area contributed by atoms with Crippen LogP contribution >= 0.6 is 0 Å². The second kappa shape index (κ2) is 3.06. The number of nitrogen functional groups attached to an aromatic ring is 1. The van der Waals surface area contributed by atoms with E-state index in [2.05, 4.69) is 32.0 Å². The monoisotopic (exact) mass is 175 g/mol. The van der Waals surface area contributed by atoms with Gasteiger partial charge in [0.25, 0.3) is 0 Å². The van der Waals surface area contributed by atoms with Crippen LogP contribution in [-0.4, -0.2) is 0 Å². The molecule has 1 heteroatoms. The van der Waals surface area contributed by atoms with Crippen LogP contribution < -0.4 is 5.73 Å². The molecule has 0 atom stereocenters. The Hall–Kier alpha value is -0.980. The Bertz CT molecular complexity index is 291. The van der Waals surface area contributed by atoms with Crippen molar-refractivity contribution in [2.75, 3.05) is 5.73 Å². The highest BCUT2D eigenvalue weighted by molar-refractivity contribution is 5.57. The van der Waals surface area contributed by atoms with E-state index < -0.39 is 0 Å². The Kier molecular flexibility index (Phi) is 2.03. The summed E-state index contributed by atoms with van der Waals surface area (Å²) in [6, 6.07) is 6.46. The lowest BCUT2D eigenvalue weighted by atomic mass is 9.96. The molecule has 1 aromatic carbocycles. The van der Waals surface area contributed by atoms with Gasteiger partial charge in [0.1, 0.15) is 0 Å². The summed E-state index contributed by atoms with van der Waals surface area (Å²) in [6.45, 7) is 4.39. The summed E-state index contributed by atoms with van der Waals surface area (Å²) in [5, 5.41) is 0. The molecule has 1 saturated carbocycles. The molecule has 0 spiro atoms. The van der Waals surface area contributed by atoms with E-state index in [9.17, 15) is 0 Å². The predicted octanol–water partition coefficient (Wildman–Crippen LogP) is 3.27. The first-order valence-electron chi connectivity index (χ1n) is 5.08. The molecule has 0 radical (unpaired) electrons. The Labute approximate surface area is 80.0 Å².